The molecule has 1 aliphatic heterocycles. The number of nitrogens with one attached hydrogen (secondary N) is 1. The lowest BCUT2D eigenvalue weighted by Gasteiger charge is -2.32. The fourth-order valence-corrected chi connectivity index (χ4v) is 2.80. The zero-order valence-electron chi connectivity index (χ0n) is 13.2. The van der Waals surface area contributed by atoms with Gasteiger partial charge in [0.05, 0.1) is 6.10 Å². The van der Waals surface area contributed by atoms with Crippen molar-refractivity contribution >= 4 is 0 Å². The molecule has 4 nitrogen and oxygen atoms in total. The molecule has 0 aromatic carbocycles. The van der Waals surface area contributed by atoms with Crippen molar-refractivity contribution in [3.05, 3.63) is 0 Å². The SMILES string of the molecule is CC(C)CN(CC(C)C)CC(O)CN1CCNCC1. The Kier molecular flexibility index (Phi) is 7.91. The molecular weight excluding hydrogens is 238 g/mol. The third-order valence-corrected chi connectivity index (χ3v) is 3.39. The van der Waals surface area contributed by atoms with Crippen LogP contribution in [0.25, 0.3) is 0 Å². The molecule has 1 heterocycles. The first-order valence-electron chi connectivity index (χ1n) is 7.81. The molecule has 1 unspecified atom stereocenters. The minimum atomic E-state index is -0.226. The van der Waals surface area contributed by atoms with Gasteiger partial charge in [-0.05, 0) is 11.8 Å². The highest BCUT2D eigenvalue weighted by Crippen LogP contribution is 2.06. The maximum atomic E-state index is 10.3. The van der Waals surface area contributed by atoms with E-state index in [4.69, 9.17) is 0 Å². The van der Waals surface area contributed by atoms with Gasteiger partial charge in [-0.15, -0.1) is 0 Å². The highest BCUT2D eigenvalue weighted by Gasteiger charge is 2.18. The van der Waals surface area contributed by atoms with Crippen LogP contribution in [-0.2, 0) is 0 Å². The summed E-state index contributed by atoms with van der Waals surface area (Å²) in [6.45, 7) is 17.0. The standard InChI is InChI=1S/C15H33N3O/c1-13(2)9-18(10-14(3)4)12-15(19)11-17-7-5-16-6-8-17/h13-16,19H,5-12H2,1-4H3. The number of piperazine rings is 1. The van der Waals surface area contributed by atoms with E-state index in [0.29, 0.717) is 11.8 Å². The van der Waals surface area contributed by atoms with Crippen LogP contribution in [0, 0.1) is 11.8 Å². The molecule has 0 amide bonds. The van der Waals surface area contributed by atoms with Gasteiger partial charge < -0.3 is 15.3 Å². The Morgan fingerprint density at radius 2 is 1.53 bits per heavy atom. The van der Waals surface area contributed by atoms with Gasteiger partial charge in [0.2, 0.25) is 0 Å². The second-order valence-electron chi connectivity index (χ2n) is 6.71. The molecule has 1 atom stereocenters. The molecular formula is C15H33N3O. The lowest BCUT2D eigenvalue weighted by atomic mass is 10.1. The predicted molar refractivity (Wildman–Crippen MR) is 81.4 cm³/mol. The summed E-state index contributed by atoms with van der Waals surface area (Å²) >= 11 is 0. The first-order chi connectivity index (χ1) is 8.97. The summed E-state index contributed by atoms with van der Waals surface area (Å²) in [5, 5.41) is 13.6. The average Bonchev–Trinajstić information content (AvgIpc) is 2.27. The highest BCUT2D eigenvalue weighted by molar-refractivity contribution is 4.74. The van der Waals surface area contributed by atoms with Gasteiger partial charge in [0.15, 0.2) is 0 Å². The summed E-state index contributed by atoms with van der Waals surface area (Å²) in [5.41, 5.74) is 0. The summed E-state index contributed by atoms with van der Waals surface area (Å²) in [5.74, 6) is 1.32. The average molecular weight is 271 g/mol. The van der Waals surface area contributed by atoms with Crippen molar-refractivity contribution in [3.8, 4) is 0 Å². The largest absolute Gasteiger partial charge is 0.390 e. The molecule has 0 spiro atoms. The van der Waals surface area contributed by atoms with E-state index >= 15 is 0 Å². The molecule has 1 aliphatic rings. The molecule has 1 fully saturated rings. The smallest absolute Gasteiger partial charge is 0.0793 e. The third kappa shape index (κ3) is 7.88. The van der Waals surface area contributed by atoms with Gasteiger partial charge in [0.25, 0.3) is 0 Å². The number of aliphatic hydroxyl groups excluding tert-OH is 1. The van der Waals surface area contributed by atoms with Gasteiger partial charge in [-0.3, -0.25) is 4.90 Å². The Hall–Kier alpha value is -0.160. The zero-order valence-corrected chi connectivity index (χ0v) is 13.2. The molecule has 19 heavy (non-hydrogen) atoms. The normalized spacial score (nSPS) is 19.6. The van der Waals surface area contributed by atoms with Crippen molar-refractivity contribution in [2.24, 2.45) is 11.8 Å². The molecule has 0 aromatic rings. The van der Waals surface area contributed by atoms with Crippen LogP contribution in [0.2, 0.25) is 0 Å². The Morgan fingerprint density at radius 3 is 2.00 bits per heavy atom. The van der Waals surface area contributed by atoms with E-state index in [1.54, 1.807) is 0 Å². The molecule has 114 valence electrons. The number of hydrogen-bond donors (Lipinski definition) is 2. The molecule has 0 aliphatic carbocycles. The molecule has 0 aromatic heterocycles. The molecule has 1 rings (SSSR count). The Labute approximate surface area is 119 Å². The van der Waals surface area contributed by atoms with E-state index in [1.165, 1.54) is 0 Å². The Bertz CT molecular complexity index is 217. The van der Waals surface area contributed by atoms with Crippen LogP contribution < -0.4 is 5.32 Å². The second kappa shape index (κ2) is 8.90. The van der Waals surface area contributed by atoms with Crippen molar-refractivity contribution in [1.82, 2.24) is 15.1 Å². The number of β-amino-alcohol motifs (C(OH)–C–C–N with tert-alkyl or cyclic N) is 1. The molecule has 2 N–H and O–H groups in total. The lowest BCUT2D eigenvalue weighted by Crippen LogP contribution is -2.48. The van der Waals surface area contributed by atoms with Crippen molar-refractivity contribution in [2.75, 3.05) is 52.4 Å². The second-order valence-corrected chi connectivity index (χ2v) is 6.71. The maximum absolute atomic E-state index is 10.3. The Balaban J connectivity index is 2.33. The van der Waals surface area contributed by atoms with Gasteiger partial charge in [-0.2, -0.15) is 0 Å². The summed E-state index contributed by atoms with van der Waals surface area (Å²) in [4.78, 5) is 4.78. The van der Waals surface area contributed by atoms with Crippen LogP contribution in [0.1, 0.15) is 27.7 Å². The van der Waals surface area contributed by atoms with Crippen molar-refractivity contribution < 1.29 is 5.11 Å². The predicted octanol–water partition coefficient (Wildman–Crippen LogP) is 0.867. The molecule has 0 radical (unpaired) electrons. The van der Waals surface area contributed by atoms with Gasteiger partial charge in [0, 0.05) is 52.4 Å². The topological polar surface area (TPSA) is 38.7 Å². The first kappa shape index (κ1) is 16.9. The van der Waals surface area contributed by atoms with Crippen LogP contribution >= 0.6 is 0 Å². The zero-order chi connectivity index (χ0) is 14.3. The molecule has 4 heteroatoms. The molecule has 0 bridgehead atoms. The van der Waals surface area contributed by atoms with Crippen molar-refractivity contribution in [1.29, 1.82) is 0 Å². The molecule has 0 saturated carbocycles. The first-order valence-corrected chi connectivity index (χ1v) is 7.81. The Morgan fingerprint density at radius 1 is 1.00 bits per heavy atom. The third-order valence-electron chi connectivity index (χ3n) is 3.39. The maximum Gasteiger partial charge on any atom is 0.0793 e. The number of rotatable bonds is 8. The minimum Gasteiger partial charge on any atom is -0.390 e. The van der Waals surface area contributed by atoms with E-state index in [1.807, 2.05) is 0 Å². The van der Waals surface area contributed by atoms with Gasteiger partial charge in [-0.25, -0.2) is 0 Å². The van der Waals surface area contributed by atoms with E-state index in [2.05, 4.69) is 42.8 Å². The van der Waals surface area contributed by atoms with E-state index < -0.39 is 0 Å². The summed E-state index contributed by atoms with van der Waals surface area (Å²) in [7, 11) is 0. The molecule has 1 saturated heterocycles. The van der Waals surface area contributed by atoms with Crippen LogP contribution in [0.5, 0.6) is 0 Å². The lowest BCUT2D eigenvalue weighted by molar-refractivity contribution is 0.0617. The number of nitrogens with zero attached hydrogens (tertiary/aromatic N) is 2. The van der Waals surface area contributed by atoms with E-state index in [0.717, 1.165) is 52.4 Å². The van der Waals surface area contributed by atoms with Gasteiger partial charge in [0.1, 0.15) is 0 Å². The number of hydrogen-bond acceptors (Lipinski definition) is 4. The van der Waals surface area contributed by atoms with Crippen LogP contribution in [-0.4, -0.2) is 73.4 Å². The fourth-order valence-electron chi connectivity index (χ4n) is 2.80. The summed E-state index contributed by atoms with van der Waals surface area (Å²) < 4.78 is 0. The van der Waals surface area contributed by atoms with Gasteiger partial charge >= 0.3 is 0 Å². The monoisotopic (exact) mass is 271 g/mol. The summed E-state index contributed by atoms with van der Waals surface area (Å²) in [6.07, 6.45) is -0.226. The minimum absolute atomic E-state index is 0.226. The fraction of sp³-hybridized carbons (Fsp3) is 1.00. The van der Waals surface area contributed by atoms with E-state index in [-0.39, 0.29) is 6.10 Å². The van der Waals surface area contributed by atoms with Crippen LogP contribution in [0.4, 0.5) is 0 Å². The van der Waals surface area contributed by atoms with Crippen molar-refractivity contribution in [3.63, 3.8) is 0 Å². The quantitative estimate of drug-likeness (QED) is 0.687. The highest BCUT2D eigenvalue weighted by atomic mass is 16.3. The van der Waals surface area contributed by atoms with Crippen molar-refractivity contribution in [2.45, 2.75) is 33.8 Å². The van der Waals surface area contributed by atoms with Crippen LogP contribution in [0.15, 0.2) is 0 Å². The van der Waals surface area contributed by atoms with E-state index in [9.17, 15) is 5.11 Å². The number of aliphatic hydroxyl groups is 1. The van der Waals surface area contributed by atoms with Crippen LogP contribution in [0.3, 0.4) is 0 Å². The van der Waals surface area contributed by atoms with Gasteiger partial charge in [-0.1, -0.05) is 27.7 Å². The summed E-state index contributed by atoms with van der Waals surface area (Å²) in [6, 6.07) is 0.